The average molecular weight is 330 g/mol. The summed E-state index contributed by atoms with van der Waals surface area (Å²) in [5, 5.41) is 3.42. The number of aryl methyl sites for hydroxylation is 3. The van der Waals surface area contributed by atoms with Crippen molar-refractivity contribution in [2.75, 3.05) is 7.05 Å². The summed E-state index contributed by atoms with van der Waals surface area (Å²) < 4.78 is 1.23. The van der Waals surface area contributed by atoms with Crippen LogP contribution in [0, 0.1) is 20.8 Å². The van der Waals surface area contributed by atoms with Crippen molar-refractivity contribution < 1.29 is 0 Å². The maximum absolute atomic E-state index is 3.60. The smallest absolute Gasteiger partial charge is 0.0763 e. The molecule has 0 saturated heterocycles. The summed E-state index contributed by atoms with van der Waals surface area (Å²) in [7, 11) is 2.03. The van der Waals surface area contributed by atoms with E-state index in [2.05, 4.69) is 54.2 Å². The number of halogens is 1. The van der Waals surface area contributed by atoms with Crippen LogP contribution in [0.15, 0.2) is 15.9 Å². The molecule has 0 bridgehead atoms. The van der Waals surface area contributed by atoms with Crippen LogP contribution in [0.2, 0.25) is 0 Å². The second-order valence-corrected chi connectivity index (χ2v) is 7.90. The van der Waals surface area contributed by atoms with Crippen molar-refractivity contribution in [1.82, 2.24) is 5.32 Å². The van der Waals surface area contributed by atoms with Gasteiger partial charge in [-0.3, -0.25) is 0 Å². The van der Waals surface area contributed by atoms with Gasteiger partial charge in [0.2, 0.25) is 0 Å². The molecule has 0 aliphatic heterocycles. The summed E-state index contributed by atoms with van der Waals surface area (Å²) in [6.45, 7) is 6.51. The van der Waals surface area contributed by atoms with Gasteiger partial charge in [-0.2, -0.15) is 0 Å². The van der Waals surface area contributed by atoms with Crippen molar-refractivity contribution in [2.45, 2.75) is 26.8 Å². The van der Waals surface area contributed by atoms with Crippen LogP contribution in [0.4, 0.5) is 0 Å². The number of hydrogen-bond acceptors (Lipinski definition) is 3. The zero-order chi connectivity index (χ0) is 12.6. The molecule has 4 heteroatoms. The highest BCUT2D eigenvalue weighted by Gasteiger charge is 2.18. The highest BCUT2D eigenvalue weighted by Crippen LogP contribution is 2.37. The van der Waals surface area contributed by atoms with E-state index >= 15 is 0 Å². The summed E-state index contributed by atoms with van der Waals surface area (Å²) in [5.74, 6) is 0. The first-order valence-corrected chi connectivity index (χ1v) is 7.95. The second kappa shape index (κ2) is 5.22. The molecule has 2 aromatic heterocycles. The van der Waals surface area contributed by atoms with Crippen LogP contribution in [-0.2, 0) is 0 Å². The fourth-order valence-corrected chi connectivity index (χ4v) is 4.74. The van der Waals surface area contributed by atoms with Gasteiger partial charge in [0.15, 0.2) is 0 Å². The molecule has 2 rings (SSSR count). The third kappa shape index (κ3) is 2.65. The maximum Gasteiger partial charge on any atom is 0.0763 e. The van der Waals surface area contributed by atoms with Crippen LogP contribution in [0.25, 0.3) is 0 Å². The van der Waals surface area contributed by atoms with E-state index in [0.29, 0.717) is 6.04 Å². The minimum atomic E-state index is 0.322. The van der Waals surface area contributed by atoms with Gasteiger partial charge in [0.05, 0.1) is 9.83 Å². The molecule has 0 amide bonds. The van der Waals surface area contributed by atoms with Gasteiger partial charge in [-0.1, -0.05) is 0 Å². The van der Waals surface area contributed by atoms with E-state index in [0.717, 1.165) is 0 Å². The van der Waals surface area contributed by atoms with Gasteiger partial charge < -0.3 is 5.32 Å². The van der Waals surface area contributed by atoms with Crippen LogP contribution in [0.5, 0.6) is 0 Å². The predicted molar refractivity (Wildman–Crippen MR) is 81.5 cm³/mol. The van der Waals surface area contributed by atoms with Crippen LogP contribution in [0.1, 0.15) is 31.8 Å². The second-order valence-electron chi connectivity index (χ2n) is 4.22. The Balaban J connectivity index is 2.39. The summed E-state index contributed by atoms with van der Waals surface area (Å²) in [5.41, 5.74) is 2.70. The maximum atomic E-state index is 3.60. The molecule has 0 radical (unpaired) electrons. The number of thiophene rings is 2. The Labute approximate surface area is 119 Å². The van der Waals surface area contributed by atoms with Crippen LogP contribution in [0.3, 0.4) is 0 Å². The van der Waals surface area contributed by atoms with Gasteiger partial charge in [0.1, 0.15) is 0 Å². The van der Waals surface area contributed by atoms with Crippen LogP contribution in [-0.4, -0.2) is 7.05 Å². The molecular weight excluding hydrogens is 314 g/mol. The van der Waals surface area contributed by atoms with Crippen molar-refractivity contribution in [3.05, 3.63) is 41.7 Å². The third-order valence-electron chi connectivity index (χ3n) is 2.92. The van der Waals surface area contributed by atoms with E-state index in [1.54, 1.807) is 0 Å². The fraction of sp³-hybridized carbons (Fsp3) is 0.385. The molecule has 2 aromatic rings. The average Bonchev–Trinajstić information content (AvgIpc) is 2.75. The van der Waals surface area contributed by atoms with Gasteiger partial charge in [0, 0.05) is 14.6 Å². The summed E-state index contributed by atoms with van der Waals surface area (Å²) in [6.07, 6.45) is 0. The van der Waals surface area contributed by atoms with Gasteiger partial charge in [-0.25, -0.2) is 0 Å². The number of nitrogens with one attached hydrogen (secondary N) is 1. The molecule has 17 heavy (non-hydrogen) atoms. The minimum absolute atomic E-state index is 0.322. The van der Waals surface area contributed by atoms with Gasteiger partial charge in [0.25, 0.3) is 0 Å². The zero-order valence-corrected chi connectivity index (χ0v) is 13.6. The molecule has 0 spiro atoms. The summed E-state index contributed by atoms with van der Waals surface area (Å²) in [4.78, 5) is 4.18. The molecule has 0 aromatic carbocycles. The van der Waals surface area contributed by atoms with Crippen LogP contribution >= 0.6 is 38.6 Å². The highest BCUT2D eigenvalue weighted by atomic mass is 79.9. The Morgan fingerprint density at radius 2 is 1.65 bits per heavy atom. The van der Waals surface area contributed by atoms with E-state index in [1.165, 1.54) is 29.5 Å². The van der Waals surface area contributed by atoms with E-state index < -0.39 is 0 Å². The Kier molecular flexibility index (Phi) is 4.08. The Hall–Kier alpha value is -0.160. The molecule has 2 heterocycles. The quantitative estimate of drug-likeness (QED) is 0.852. The first kappa shape index (κ1) is 13.3. The SMILES string of the molecule is CNC(c1cc(C)c(C)s1)c1cc(C)c(Br)s1. The van der Waals surface area contributed by atoms with Crippen molar-refractivity contribution in [2.24, 2.45) is 0 Å². The van der Waals surface area contributed by atoms with E-state index in [1.807, 2.05) is 29.7 Å². The van der Waals surface area contributed by atoms with E-state index in [9.17, 15) is 0 Å². The number of rotatable bonds is 3. The highest BCUT2D eigenvalue weighted by molar-refractivity contribution is 9.11. The summed E-state index contributed by atoms with van der Waals surface area (Å²) in [6, 6.07) is 4.88. The molecule has 1 unspecified atom stereocenters. The standard InChI is InChI=1S/C13H16BrNS2/c1-7-5-10(16-9(7)3)12(15-4)11-6-8(2)13(14)17-11/h5-6,12,15H,1-4H3. The normalized spacial score (nSPS) is 13.0. The molecule has 1 nitrogen and oxygen atoms in total. The number of hydrogen-bond donors (Lipinski definition) is 1. The molecule has 0 aliphatic carbocycles. The Morgan fingerprint density at radius 1 is 1.06 bits per heavy atom. The molecule has 92 valence electrons. The topological polar surface area (TPSA) is 12.0 Å². The first-order chi connectivity index (χ1) is 8.02. The summed E-state index contributed by atoms with van der Waals surface area (Å²) >= 11 is 7.30. The zero-order valence-electron chi connectivity index (χ0n) is 10.4. The van der Waals surface area contributed by atoms with E-state index in [-0.39, 0.29) is 0 Å². The monoisotopic (exact) mass is 329 g/mol. The lowest BCUT2D eigenvalue weighted by molar-refractivity contribution is 0.715. The van der Waals surface area contributed by atoms with Crippen molar-refractivity contribution in [3.63, 3.8) is 0 Å². The van der Waals surface area contributed by atoms with Gasteiger partial charge in [-0.15, -0.1) is 22.7 Å². The van der Waals surface area contributed by atoms with Gasteiger partial charge >= 0.3 is 0 Å². The molecule has 0 fully saturated rings. The Morgan fingerprint density at radius 3 is 2.06 bits per heavy atom. The molecule has 1 atom stereocenters. The van der Waals surface area contributed by atoms with E-state index in [4.69, 9.17) is 0 Å². The first-order valence-electron chi connectivity index (χ1n) is 5.53. The Bertz CT molecular complexity index is 442. The van der Waals surface area contributed by atoms with Gasteiger partial charge in [-0.05, 0) is 67.0 Å². The molecule has 0 aliphatic rings. The largest absolute Gasteiger partial charge is 0.308 e. The van der Waals surface area contributed by atoms with Crippen molar-refractivity contribution in [3.8, 4) is 0 Å². The minimum Gasteiger partial charge on any atom is -0.308 e. The lowest BCUT2D eigenvalue weighted by Gasteiger charge is -2.12. The van der Waals surface area contributed by atoms with Crippen molar-refractivity contribution in [1.29, 1.82) is 0 Å². The predicted octanol–water partition coefficient (Wildman–Crippen LogP) is 4.81. The lowest BCUT2D eigenvalue weighted by Crippen LogP contribution is -2.15. The fourth-order valence-electron chi connectivity index (χ4n) is 1.79. The molecule has 0 saturated carbocycles. The lowest BCUT2D eigenvalue weighted by atomic mass is 10.1. The third-order valence-corrected chi connectivity index (χ3v) is 6.34. The van der Waals surface area contributed by atoms with Crippen molar-refractivity contribution >= 4 is 38.6 Å². The molecular formula is C13H16BrNS2. The molecule has 1 N–H and O–H groups in total. The van der Waals surface area contributed by atoms with Crippen LogP contribution < -0.4 is 5.32 Å².